The number of hydrogen-bond acceptors (Lipinski definition) is 4. The lowest BCUT2D eigenvalue weighted by atomic mass is 9.90. The van der Waals surface area contributed by atoms with E-state index in [1.165, 1.54) is 18.5 Å². The molecule has 0 radical (unpaired) electrons. The lowest BCUT2D eigenvalue weighted by Gasteiger charge is -2.44. The fourth-order valence-electron chi connectivity index (χ4n) is 4.53. The number of hydrogen-bond donors (Lipinski definition) is 0. The summed E-state index contributed by atoms with van der Waals surface area (Å²) in [5, 5.41) is 0.773. The van der Waals surface area contributed by atoms with E-state index in [0.29, 0.717) is 19.2 Å². The molecule has 3 aliphatic rings. The van der Waals surface area contributed by atoms with E-state index in [0.717, 1.165) is 50.6 Å². The number of anilines is 1. The summed E-state index contributed by atoms with van der Waals surface area (Å²) >= 11 is 6.11. The first kappa shape index (κ1) is 18.1. The number of amides is 1. The third kappa shape index (κ3) is 4.00. The Hall–Kier alpha value is -1.30. The molecule has 26 heavy (non-hydrogen) atoms. The standard InChI is InChI=1S/C20H28ClN3O2/c21-16-4-3-5-17(14-16)23-10-8-22(9-11-23)15-20(25)24-12-13-26-19-7-2-1-6-18(19)24/h3-5,14,18-19H,1-2,6-13,15H2. The van der Waals surface area contributed by atoms with E-state index in [-0.39, 0.29) is 12.0 Å². The molecule has 2 aliphatic heterocycles. The summed E-state index contributed by atoms with van der Waals surface area (Å²) in [6.07, 6.45) is 4.91. The molecule has 6 heteroatoms. The van der Waals surface area contributed by atoms with Crippen LogP contribution in [-0.2, 0) is 9.53 Å². The normalized spacial score (nSPS) is 27.3. The molecule has 1 aromatic carbocycles. The fourth-order valence-corrected chi connectivity index (χ4v) is 4.71. The highest BCUT2D eigenvalue weighted by molar-refractivity contribution is 6.30. The smallest absolute Gasteiger partial charge is 0.237 e. The predicted octanol–water partition coefficient (Wildman–Crippen LogP) is 2.63. The van der Waals surface area contributed by atoms with Gasteiger partial charge in [0.05, 0.1) is 25.3 Å². The van der Waals surface area contributed by atoms with Crippen molar-refractivity contribution >= 4 is 23.2 Å². The van der Waals surface area contributed by atoms with E-state index in [4.69, 9.17) is 16.3 Å². The summed E-state index contributed by atoms with van der Waals surface area (Å²) in [7, 11) is 0. The quantitative estimate of drug-likeness (QED) is 0.811. The number of carbonyl (C=O) groups is 1. The van der Waals surface area contributed by atoms with Gasteiger partial charge in [0.15, 0.2) is 0 Å². The van der Waals surface area contributed by atoms with E-state index in [1.54, 1.807) is 0 Å². The number of piperazine rings is 1. The minimum Gasteiger partial charge on any atom is -0.374 e. The van der Waals surface area contributed by atoms with Gasteiger partial charge < -0.3 is 14.5 Å². The molecule has 3 fully saturated rings. The Labute approximate surface area is 160 Å². The van der Waals surface area contributed by atoms with Gasteiger partial charge in [0.2, 0.25) is 5.91 Å². The third-order valence-electron chi connectivity index (χ3n) is 5.96. The highest BCUT2D eigenvalue weighted by Gasteiger charge is 2.37. The van der Waals surface area contributed by atoms with Crippen LogP contribution in [0, 0.1) is 0 Å². The molecular weight excluding hydrogens is 350 g/mol. The largest absolute Gasteiger partial charge is 0.374 e. The first-order chi connectivity index (χ1) is 12.7. The highest BCUT2D eigenvalue weighted by Crippen LogP contribution is 2.28. The Morgan fingerprint density at radius 3 is 2.73 bits per heavy atom. The van der Waals surface area contributed by atoms with Crippen LogP contribution < -0.4 is 4.90 Å². The summed E-state index contributed by atoms with van der Waals surface area (Å²) in [5.74, 6) is 0.279. The van der Waals surface area contributed by atoms with Gasteiger partial charge in [-0.15, -0.1) is 0 Å². The number of carbonyl (C=O) groups excluding carboxylic acids is 1. The zero-order valence-electron chi connectivity index (χ0n) is 15.3. The number of ether oxygens (including phenoxy) is 1. The predicted molar refractivity (Wildman–Crippen MR) is 104 cm³/mol. The van der Waals surface area contributed by atoms with Crippen molar-refractivity contribution in [2.45, 2.75) is 37.8 Å². The van der Waals surface area contributed by atoms with Crippen molar-refractivity contribution < 1.29 is 9.53 Å². The molecule has 0 bridgehead atoms. The lowest BCUT2D eigenvalue weighted by molar-refractivity contribution is -0.150. The van der Waals surface area contributed by atoms with Gasteiger partial charge in [0.25, 0.3) is 0 Å². The van der Waals surface area contributed by atoms with Crippen LogP contribution in [0.5, 0.6) is 0 Å². The minimum absolute atomic E-state index is 0.265. The summed E-state index contributed by atoms with van der Waals surface area (Å²) in [5.41, 5.74) is 1.17. The molecule has 1 saturated carbocycles. The molecule has 2 heterocycles. The van der Waals surface area contributed by atoms with E-state index < -0.39 is 0 Å². The number of fused-ring (bicyclic) bond motifs is 1. The van der Waals surface area contributed by atoms with Gasteiger partial charge in [-0.1, -0.05) is 30.5 Å². The lowest BCUT2D eigenvalue weighted by Crippen LogP contribution is -2.58. The SMILES string of the molecule is O=C(CN1CCN(c2cccc(Cl)c2)CC1)N1CCOC2CCCCC21. The number of nitrogens with zero attached hydrogens (tertiary/aromatic N) is 3. The molecule has 142 valence electrons. The summed E-state index contributed by atoms with van der Waals surface area (Å²) in [6, 6.07) is 8.31. The summed E-state index contributed by atoms with van der Waals surface area (Å²) in [6.45, 7) is 5.67. The number of halogens is 1. The molecule has 2 atom stereocenters. The Bertz CT molecular complexity index is 631. The zero-order valence-corrected chi connectivity index (χ0v) is 16.0. The number of rotatable bonds is 3. The zero-order chi connectivity index (χ0) is 17.9. The van der Waals surface area contributed by atoms with Crippen molar-refractivity contribution in [1.82, 2.24) is 9.80 Å². The highest BCUT2D eigenvalue weighted by atomic mass is 35.5. The third-order valence-corrected chi connectivity index (χ3v) is 6.19. The Morgan fingerprint density at radius 2 is 1.92 bits per heavy atom. The van der Waals surface area contributed by atoms with Crippen molar-refractivity contribution in [3.8, 4) is 0 Å². The van der Waals surface area contributed by atoms with Gasteiger partial charge in [-0.2, -0.15) is 0 Å². The molecule has 2 saturated heterocycles. The Balaban J connectivity index is 1.30. The van der Waals surface area contributed by atoms with Crippen LogP contribution in [0.25, 0.3) is 0 Å². The van der Waals surface area contributed by atoms with Crippen LogP contribution in [0.1, 0.15) is 25.7 Å². The van der Waals surface area contributed by atoms with Crippen LogP contribution in [0.3, 0.4) is 0 Å². The summed E-state index contributed by atoms with van der Waals surface area (Å²) in [4.78, 5) is 19.7. The molecule has 0 N–H and O–H groups in total. The van der Waals surface area contributed by atoms with Gasteiger partial charge in [0.1, 0.15) is 0 Å². The minimum atomic E-state index is 0.265. The molecule has 2 unspecified atom stereocenters. The molecule has 1 amide bonds. The average molecular weight is 378 g/mol. The molecule has 0 spiro atoms. The van der Waals surface area contributed by atoms with Gasteiger partial charge in [-0.05, 0) is 31.0 Å². The van der Waals surface area contributed by atoms with Crippen LogP contribution >= 0.6 is 11.6 Å². The topological polar surface area (TPSA) is 36.0 Å². The maximum absolute atomic E-state index is 12.9. The Kier molecular flexibility index (Phi) is 5.67. The molecule has 5 nitrogen and oxygen atoms in total. The van der Waals surface area contributed by atoms with Crippen molar-refractivity contribution in [3.63, 3.8) is 0 Å². The second kappa shape index (κ2) is 8.15. The van der Waals surface area contributed by atoms with E-state index in [1.807, 2.05) is 18.2 Å². The molecule has 4 rings (SSSR count). The number of benzene rings is 1. The molecular formula is C20H28ClN3O2. The van der Waals surface area contributed by atoms with E-state index in [2.05, 4.69) is 20.8 Å². The van der Waals surface area contributed by atoms with Crippen LogP contribution in [0.2, 0.25) is 5.02 Å². The van der Waals surface area contributed by atoms with E-state index in [9.17, 15) is 4.79 Å². The van der Waals surface area contributed by atoms with Gasteiger partial charge in [0, 0.05) is 43.4 Å². The fraction of sp³-hybridized carbons (Fsp3) is 0.650. The number of morpholine rings is 1. The van der Waals surface area contributed by atoms with Crippen molar-refractivity contribution in [3.05, 3.63) is 29.3 Å². The molecule has 1 aromatic rings. The second-order valence-corrected chi connectivity index (χ2v) is 8.03. The maximum atomic E-state index is 12.9. The van der Waals surface area contributed by atoms with Gasteiger partial charge >= 0.3 is 0 Å². The van der Waals surface area contributed by atoms with Crippen LogP contribution in [-0.4, -0.2) is 73.7 Å². The maximum Gasteiger partial charge on any atom is 0.237 e. The first-order valence-electron chi connectivity index (χ1n) is 9.85. The van der Waals surface area contributed by atoms with E-state index >= 15 is 0 Å². The van der Waals surface area contributed by atoms with Crippen molar-refractivity contribution in [2.24, 2.45) is 0 Å². The molecule has 0 aromatic heterocycles. The van der Waals surface area contributed by atoms with Gasteiger partial charge in [-0.3, -0.25) is 9.69 Å². The van der Waals surface area contributed by atoms with Crippen LogP contribution in [0.15, 0.2) is 24.3 Å². The van der Waals surface area contributed by atoms with Crippen molar-refractivity contribution in [1.29, 1.82) is 0 Å². The monoisotopic (exact) mass is 377 g/mol. The summed E-state index contributed by atoms with van der Waals surface area (Å²) < 4.78 is 5.90. The van der Waals surface area contributed by atoms with Crippen molar-refractivity contribution in [2.75, 3.05) is 50.8 Å². The molecule has 1 aliphatic carbocycles. The Morgan fingerprint density at radius 1 is 1.12 bits per heavy atom. The average Bonchev–Trinajstić information content (AvgIpc) is 2.68. The second-order valence-electron chi connectivity index (χ2n) is 7.59. The van der Waals surface area contributed by atoms with Gasteiger partial charge in [-0.25, -0.2) is 0 Å². The first-order valence-corrected chi connectivity index (χ1v) is 10.2. The van der Waals surface area contributed by atoms with Crippen LogP contribution in [0.4, 0.5) is 5.69 Å².